The van der Waals surface area contributed by atoms with Gasteiger partial charge in [0, 0.05) is 46.6 Å². The molecule has 3 fully saturated rings. The van der Waals surface area contributed by atoms with Crippen LogP contribution in [0.25, 0.3) is 11.2 Å². The molecule has 69 heavy (non-hydrogen) atoms. The van der Waals surface area contributed by atoms with Crippen molar-refractivity contribution in [2.24, 2.45) is 15.7 Å². The third-order valence-corrected chi connectivity index (χ3v) is 14.1. The third kappa shape index (κ3) is 11.0. The summed E-state index contributed by atoms with van der Waals surface area (Å²) in [5.74, 6) is -0.0497. The van der Waals surface area contributed by atoms with Gasteiger partial charge in [-0.25, -0.2) is 43.4 Å². The molecule has 0 aliphatic carbocycles. The van der Waals surface area contributed by atoms with Gasteiger partial charge in [0.05, 0.1) is 32.5 Å². The van der Waals surface area contributed by atoms with Gasteiger partial charge in [0.25, 0.3) is 5.56 Å². The quantitative estimate of drug-likeness (QED) is 0.0301. The lowest BCUT2D eigenvalue weighted by atomic mass is 10.1. The third-order valence-electron chi connectivity index (χ3n) is 11.1. The fraction of sp³-hybridized carbons (Fsp3) is 0.588. The minimum atomic E-state index is -5.38. The summed E-state index contributed by atoms with van der Waals surface area (Å²) in [6.45, 7) is 2.50. The van der Waals surface area contributed by atoms with E-state index < -0.39 is 122 Å². The number of imidazole rings is 2. The Morgan fingerprint density at radius 2 is 1.46 bits per heavy atom. The SMILES string of the molecule is C=Nc1c(C(N)=NC)ncn1[C@@H]1O[C@H](COP(=O)(O)O[C@H]2[C@@H](OC)[C@H](n3cnc4c(N)ncnc43)O[C@@H]2COP(=O)(O)OC)[C@@H](OP(=O)(O)O[C@H]2C[C@H](n3cc(C)c(=O)[nH]c3=O)O[C@@H]2CO)[C@H]1OC. The molecule has 4 aromatic heterocycles. The predicted molar refractivity (Wildman–Crippen MR) is 232 cm³/mol. The lowest BCUT2D eigenvalue weighted by Gasteiger charge is -2.28. The van der Waals surface area contributed by atoms with Gasteiger partial charge in [0.2, 0.25) is 0 Å². The largest absolute Gasteiger partial charge is 0.473 e. The van der Waals surface area contributed by atoms with E-state index in [0.717, 1.165) is 18.0 Å². The van der Waals surface area contributed by atoms with Crippen LogP contribution in [0.3, 0.4) is 0 Å². The molecule has 0 saturated carbocycles. The molecule has 0 spiro atoms. The molecule has 3 saturated heterocycles. The van der Waals surface area contributed by atoms with Crippen molar-refractivity contribution >= 4 is 58.8 Å². The molecule has 0 radical (unpaired) electrons. The van der Waals surface area contributed by atoms with Crippen LogP contribution in [-0.4, -0.2) is 168 Å². The minimum Gasteiger partial charge on any atom is -0.394 e. The van der Waals surface area contributed by atoms with Crippen molar-refractivity contribution in [3.05, 3.63) is 57.3 Å². The Labute approximate surface area is 388 Å². The standard InChI is InChI=1S/C34H49N12O20P3/c1-15-8-44(34(49)43-31(15)48)20-7-16(17(9-47)61-20)64-69(54,55)66-24-19(62-32(26(24)57-5)45-13-41-21(27(35)37-2)29(45)38-3)11-60-68(52,53)65-23-18(10-59-67(50,51)58-6)63-33(25(23)56-4)46-14-42-22-28(36)39-12-40-30(22)46/h8,12-14,16-20,23-26,32-33,47H,3,7,9-11H2,1-2,4-6H3,(H2,35,37)(H,50,51)(H,52,53)(H,54,55)(H2,36,39,40)(H,43,48,49)/t16-,17+,18+,19+,20+,23+,24+,25+,26+,32+,33+/m0/s1. The lowest BCUT2D eigenvalue weighted by molar-refractivity contribution is -0.0636. The van der Waals surface area contributed by atoms with Crippen molar-refractivity contribution in [1.82, 2.24) is 38.6 Å². The maximum atomic E-state index is 14.0. The molecule has 0 bridgehead atoms. The molecular weight excluding hydrogens is 989 g/mol. The van der Waals surface area contributed by atoms with E-state index in [-0.39, 0.29) is 46.3 Å². The second-order valence-electron chi connectivity index (χ2n) is 15.2. The van der Waals surface area contributed by atoms with Gasteiger partial charge < -0.3 is 54.9 Å². The summed E-state index contributed by atoms with van der Waals surface area (Å²) in [5.41, 5.74) is 11.0. The van der Waals surface area contributed by atoms with Crippen LogP contribution in [0.4, 0.5) is 11.6 Å². The summed E-state index contributed by atoms with van der Waals surface area (Å²) in [6, 6.07) is 0. The van der Waals surface area contributed by atoms with Gasteiger partial charge in [-0.3, -0.25) is 55.6 Å². The summed E-state index contributed by atoms with van der Waals surface area (Å²) in [4.78, 5) is 83.9. The number of nitrogens with one attached hydrogen (secondary N) is 1. The van der Waals surface area contributed by atoms with E-state index in [1.807, 2.05) is 0 Å². The molecule has 35 heteroatoms. The number of anilines is 1. The molecule has 3 unspecified atom stereocenters. The van der Waals surface area contributed by atoms with Crippen LogP contribution in [0, 0.1) is 6.92 Å². The number of aromatic nitrogens is 8. The topological polar surface area (TPSA) is 427 Å². The molecule has 4 aromatic rings. The molecule has 9 N–H and O–H groups in total. The number of phosphoric acid groups is 3. The van der Waals surface area contributed by atoms with E-state index in [9.17, 15) is 43.1 Å². The Kier molecular flexibility index (Phi) is 16.0. The fourth-order valence-electron chi connectivity index (χ4n) is 7.80. The Morgan fingerprint density at radius 3 is 2.06 bits per heavy atom. The van der Waals surface area contributed by atoms with E-state index in [1.165, 1.54) is 56.2 Å². The number of rotatable bonds is 21. The molecule has 0 aromatic carbocycles. The monoisotopic (exact) mass is 1040 g/mol. The average Bonchev–Trinajstić information content (AvgIpc) is 4.15. The van der Waals surface area contributed by atoms with Gasteiger partial charge in [0.1, 0.15) is 78.4 Å². The second-order valence-corrected chi connectivity index (χ2v) is 19.5. The van der Waals surface area contributed by atoms with Crippen LogP contribution >= 0.6 is 23.5 Å². The van der Waals surface area contributed by atoms with Crippen LogP contribution in [-0.2, 0) is 64.5 Å². The van der Waals surface area contributed by atoms with Crippen molar-refractivity contribution in [2.45, 2.75) is 80.9 Å². The summed E-state index contributed by atoms with van der Waals surface area (Å²) in [6.07, 6.45) is -11.2. The van der Waals surface area contributed by atoms with Crippen LogP contribution in [0.2, 0.25) is 0 Å². The fourth-order valence-corrected chi connectivity index (χ4v) is 10.4. The number of hydrogen-bond acceptors (Lipinski definition) is 24. The van der Waals surface area contributed by atoms with Crippen molar-refractivity contribution in [3.8, 4) is 0 Å². The number of hydrogen-bond donors (Lipinski definition) is 7. The number of nitrogens with zero attached hydrogens (tertiary/aromatic N) is 9. The molecule has 7 rings (SSSR count). The first-order chi connectivity index (χ1) is 32.7. The number of nitrogen functional groups attached to an aromatic ring is 1. The maximum absolute atomic E-state index is 14.0. The number of phosphoric ester groups is 3. The Bertz CT molecular complexity index is 2810. The van der Waals surface area contributed by atoms with Gasteiger partial charge >= 0.3 is 29.2 Å². The number of aliphatic imine (C=N–C) groups is 2. The summed E-state index contributed by atoms with van der Waals surface area (Å²) >= 11 is 0. The average molecular weight is 1040 g/mol. The van der Waals surface area contributed by atoms with Gasteiger partial charge in [0.15, 0.2) is 29.7 Å². The van der Waals surface area contributed by atoms with Crippen molar-refractivity contribution in [1.29, 1.82) is 0 Å². The first-order valence-corrected chi connectivity index (χ1v) is 24.7. The van der Waals surface area contributed by atoms with E-state index in [2.05, 4.69) is 46.1 Å². The highest BCUT2D eigenvalue weighted by Gasteiger charge is 2.55. The highest BCUT2D eigenvalue weighted by atomic mass is 31.2. The number of H-pyrrole nitrogens is 1. The number of fused-ring (bicyclic) bond motifs is 1. The summed E-state index contributed by atoms with van der Waals surface area (Å²) < 4.78 is 105. The Hall–Kier alpha value is -4.53. The maximum Gasteiger partial charge on any atom is 0.473 e. The van der Waals surface area contributed by atoms with E-state index >= 15 is 0 Å². The molecule has 32 nitrogen and oxygen atoms in total. The van der Waals surface area contributed by atoms with Crippen molar-refractivity contribution in [2.75, 3.05) is 53.9 Å². The minimum absolute atomic E-state index is 0.00638. The lowest BCUT2D eigenvalue weighted by Crippen LogP contribution is -2.39. The van der Waals surface area contributed by atoms with Crippen LogP contribution in [0.1, 0.15) is 36.4 Å². The van der Waals surface area contributed by atoms with E-state index in [1.54, 1.807) is 0 Å². The summed E-state index contributed by atoms with van der Waals surface area (Å²) in [7, 11) is -10.7. The molecule has 7 heterocycles. The molecular formula is C34H49N12O20P3. The normalized spacial score (nSPS) is 30.1. The summed E-state index contributed by atoms with van der Waals surface area (Å²) in [5, 5.41) is 10.1. The molecule has 3 aliphatic rings. The number of amidine groups is 1. The van der Waals surface area contributed by atoms with Crippen molar-refractivity contribution < 1.29 is 84.3 Å². The highest BCUT2D eigenvalue weighted by molar-refractivity contribution is 7.48. The first-order valence-electron chi connectivity index (χ1n) is 20.2. The molecule has 380 valence electrons. The number of methoxy groups -OCH3 is 2. The molecule has 14 atom stereocenters. The number of aliphatic hydroxyl groups excluding tert-OH is 1. The van der Waals surface area contributed by atoms with Crippen LogP contribution < -0.4 is 22.7 Å². The predicted octanol–water partition coefficient (Wildman–Crippen LogP) is -0.928. The molecule has 0 amide bonds. The van der Waals surface area contributed by atoms with Crippen LogP contribution in [0.15, 0.2) is 44.8 Å². The Balaban J connectivity index is 1.16. The van der Waals surface area contributed by atoms with E-state index in [0.29, 0.717) is 0 Å². The first kappa shape index (κ1) is 52.3. The number of aryl methyl sites for hydroxylation is 1. The smallest absolute Gasteiger partial charge is 0.394 e. The number of ether oxygens (including phenoxy) is 5. The molecule has 3 aliphatic heterocycles. The zero-order valence-corrected chi connectivity index (χ0v) is 39.7. The zero-order valence-electron chi connectivity index (χ0n) is 37.0. The second kappa shape index (κ2) is 21.1. The highest BCUT2D eigenvalue weighted by Crippen LogP contribution is 2.55. The Morgan fingerprint density at radius 1 is 0.855 bits per heavy atom. The van der Waals surface area contributed by atoms with Gasteiger partial charge in [-0.05, 0) is 13.6 Å². The van der Waals surface area contributed by atoms with Gasteiger partial charge in [-0.2, -0.15) is 0 Å². The number of aromatic amines is 1. The van der Waals surface area contributed by atoms with Gasteiger partial charge in [-0.15, -0.1) is 0 Å². The van der Waals surface area contributed by atoms with Crippen molar-refractivity contribution in [3.63, 3.8) is 0 Å². The number of aliphatic hydroxyl groups is 1. The van der Waals surface area contributed by atoms with Gasteiger partial charge in [-0.1, -0.05) is 0 Å². The van der Waals surface area contributed by atoms with E-state index in [4.69, 9.17) is 57.8 Å². The number of nitrogens with two attached hydrogens (primary N) is 2. The zero-order chi connectivity index (χ0) is 50.2. The van der Waals surface area contributed by atoms with Crippen LogP contribution in [0.5, 0.6) is 0 Å².